The molecule has 0 amide bonds. The second-order valence-electron chi connectivity index (χ2n) is 6.01. The Morgan fingerprint density at radius 2 is 1.80 bits per heavy atom. The number of nitrogens with one attached hydrogen (secondary N) is 1. The van der Waals surface area contributed by atoms with Gasteiger partial charge in [0.25, 0.3) is 0 Å². The zero-order valence-electron chi connectivity index (χ0n) is 14.8. The number of halogens is 1. The first-order chi connectivity index (χ1) is 11.4. The van der Waals surface area contributed by atoms with Crippen LogP contribution >= 0.6 is 24.0 Å². The summed E-state index contributed by atoms with van der Waals surface area (Å²) in [6.07, 6.45) is -0.717. The molecule has 6 heteroatoms. The van der Waals surface area contributed by atoms with E-state index in [1.807, 2.05) is 57.2 Å². The molecule has 2 aromatic rings. The largest absolute Gasteiger partial charge is 0.491 e. The minimum absolute atomic E-state index is 0. The standard InChI is InChI=1S/C19H25N3O2.HI/c1-13-5-4-6-18(10-13)24-12-17(23)11-21-19(20)22-16-8-14(2)7-15(3)9-16;/h4-10,17,23H,11-12H2,1-3H3,(H3,20,21,22);1H. The van der Waals surface area contributed by atoms with Gasteiger partial charge >= 0.3 is 0 Å². The van der Waals surface area contributed by atoms with Crippen molar-refractivity contribution < 1.29 is 9.84 Å². The van der Waals surface area contributed by atoms with E-state index in [0.29, 0.717) is 0 Å². The van der Waals surface area contributed by atoms with E-state index in [2.05, 4.69) is 16.4 Å². The Morgan fingerprint density at radius 1 is 1.12 bits per heavy atom. The fraction of sp³-hybridized carbons (Fsp3) is 0.316. The van der Waals surface area contributed by atoms with Gasteiger partial charge in [-0.3, -0.25) is 4.99 Å². The number of hydrogen-bond donors (Lipinski definition) is 3. The molecule has 5 nitrogen and oxygen atoms in total. The van der Waals surface area contributed by atoms with Crippen molar-refractivity contribution in [2.45, 2.75) is 26.9 Å². The first-order valence-electron chi connectivity index (χ1n) is 7.95. The van der Waals surface area contributed by atoms with Crippen LogP contribution in [-0.4, -0.2) is 30.3 Å². The van der Waals surface area contributed by atoms with Crippen LogP contribution in [0.3, 0.4) is 0 Å². The van der Waals surface area contributed by atoms with Gasteiger partial charge in [0, 0.05) is 5.69 Å². The van der Waals surface area contributed by atoms with Crippen LogP contribution in [0.4, 0.5) is 5.69 Å². The monoisotopic (exact) mass is 455 g/mol. The predicted molar refractivity (Wildman–Crippen MR) is 114 cm³/mol. The van der Waals surface area contributed by atoms with Crippen molar-refractivity contribution >= 4 is 35.6 Å². The molecule has 0 spiro atoms. The number of ether oxygens (including phenoxy) is 1. The molecule has 0 aliphatic rings. The molecule has 0 heterocycles. The van der Waals surface area contributed by atoms with Crippen molar-refractivity contribution in [2.75, 3.05) is 18.5 Å². The molecule has 0 aliphatic carbocycles. The van der Waals surface area contributed by atoms with E-state index < -0.39 is 6.10 Å². The molecule has 0 aromatic heterocycles. The zero-order chi connectivity index (χ0) is 17.5. The lowest BCUT2D eigenvalue weighted by Gasteiger charge is -2.12. The molecule has 2 rings (SSSR count). The molecule has 1 atom stereocenters. The van der Waals surface area contributed by atoms with Crippen molar-refractivity contribution in [3.05, 3.63) is 59.2 Å². The Hall–Kier alpha value is -1.80. The summed E-state index contributed by atoms with van der Waals surface area (Å²) in [4.78, 5) is 4.16. The van der Waals surface area contributed by atoms with E-state index >= 15 is 0 Å². The maximum absolute atomic E-state index is 9.97. The van der Waals surface area contributed by atoms with E-state index in [0.717, 1.165) is 28.1 Å². The third-order valence-electron chi connectivity index (χ3n) is 3.40. The number of guanidine groups is 1. The molecule has 2 aromatic carbocycles. The van der Waals surface area contributed by atoms with Crippen molar-refractivity contribution in [3.63, 3.8) is 0 Å². The second kappa shape index (κ2) is 10.2. The molecule has 0 saturated heterocycles. The number of aliphatic hydroxyl groups is 1. The molecular weight excluding hydrogens is 429 g/mol. The number of aryl methyl sites for hydroxylation is 3. The number of anilines is 1. The Bertz CT molecular complexity index is 699. The summed E-state index contributed by atoms with van der Waals surface area (Å²) in [6.45, 7) is 6.39. The van der Waals surface area contributed by atoms with Crippen LogP contribution in [0.25, 0.3) is 0 Å². The summed E-state index contributed by atoms with van der Waals surface area (Å²) in [7, 11) is 0. The summed E-state index contributed by atoms with van der Waals surface area (Å²) < 4.78 is 5.55. The zero-order valence-corrected chi connectivity index (χ0v) is 17.2. The Morgan fingerprint density at radius 3 is 2.44 bits per heavy atom. The normalized spacial score (nSPS) is 12.2. The highest BCUT2D eigenvalue weighted by molar-refractivity contribution is 14.0. The minimum atomic E-state index is -0.717. The van der Waals surface area contributed by atoms with Crippen molar-refractivity contribution in [1.29, 1.82) is 0 Å². The smallest absolute Gasteiger partial charge is 0.193 e. The number of benzene rings is 2. The highest BCUT2D eigenvalue weighted by Gasteiger charge is 2.05. The number of rotatable bonds is 6. The predicted octanol–water partition coefficient (Wildman–Crippen LogP) is 3.40. The van der Waals surface area contributed by atoms with Crippen molar-refractivity contribution in [3.8, 4) is 5.75 Å². The van der Waals surface area contributed by atoms with Crippen molar-refractivity contribution in [1.82, 2.24) is 0 Å². The first kappa shape index (κ1) is 21.2. The average Bonchev–Trinajstić information content (AvgIpc) is 2.50. The Balaban J connectivity index is 0.00000312. The molecule has 4 N–H and O–H groups in total. The molecule has 0 saturated carbocycles. The molecule has 0 fully saturated rings. The van der Waals surface area contributed by atoms with Gasteiger partial charge < -0.3 is 20.9 Å². The molecule has 136 valence electrons. The van der Waals surface area contributed by atoms with Gasteiger partial charge in [0.2, 0.25) is 0 Å². The molecule has 25 heavy (non-hydrogen) atoms. The quantitative estimate of drug-likeness (QED) is 0.355. The first-order valence-corrected chi connectivity index (χ1v) is 7.95. The van der Waals surface area contributed by atoms with E-state index in [1.54, 1.807) is 0 Å². The topological polar surface area (TPSA) is 79.9 Å². The third kappa shape index (κ3) is 7.74. The Kier molecular flexibility index (Phi) is 8.71. The van der Waals surface area contributed by atoms with Crippen molar-refractivity contribution in [2.24, 2.45) is 10.7 Å². The molecule has 0 radical (unpaired) electrons. The fourth-order valence-electron chi connectivity index (χ4n) is 2.39. The van der Waals surface area contributed by atoms with Crippen LogP contribution in [0.15, 0.2) is 47.5 Å². The highest BCUT2D eigenvalue weighted by Crippen LogP contribution is 2.14. The number of nitrogens with zero attached hydrogens (tertiary/aromatic N) is 1. The molecule has 0 bridgehead atoms. The number of hydrogen-bond acceptors (Lipinski definition) is 3. The lowest BCUT2D eigenvalue weighted by Crippen LogP contribution is -2.27. The maximum Gasteiger partial charge on any atom is 0.193 e. The van der Waals surface area contributed by atoms with Gasteiger partial charge in [-0.05, 0) is 61.7 Å². The van der Waals surface area contributed by atoms with Gasteiger partial charge in [-0.15, -0.1) is 24.0 Å². The summed E-state index contributed by atoms with van der Waals surface area (Å²) in [6, 6.07) is 13.8. The van der Waals surface area contributed by atoms with Crippen LogP contribution in [0.1, 0.15) is 16.7 Å². The van der Waals surface area contributed by atoms with Gasteiger partial charge in [-0.25, -0.2) is 0 Å². The van der Waals surface area contributed by atoms with Crippen LogP contribution in [0.2, 0.25) is 0 Å². The van der Waals surface area contributed by atoms with E-state index in [9.17, 15) is 5.11 Å². The van der Waals surface area contributed by atoms with E-state index in [4.69, 9.17) is 10.5 Å². The van der Waals surface area contributed by atoms with Crippen LogP contribution in [0, 0.1) is 20.8 Å². The summed E-state index contributed by atoms with van der Waals surface area (Å²) in [5, 5.41) is 13.0. The number of aliphatic imine (C=N–C) groups is 1. The lowest BCUT2D eigenvalue weighted by molar-refractivity contribution is 0.114. The van der Waals surface area contributed by atoms with Gasteiger partial charge in [-0.2, -0.15) is 0 Å². The van der Waals surface area contributed by atoms with Crippen LogP contribution < -0.4 is 15.8 Å². The van der Waals surface area contributed by atoms with E-state index in [1.165, 1.54) is 0 Å². The Labute approximate surface area is 166 Å². The van der Waals surface area contributed by atoms with E-state index in [-0.39, 0.29) is 43.1 Å². The summed E-state index contributed by atoms with van der Waals surface area (Å²) in [5.74, 6) is 1.01. The van der Waals surface area contributed by atoms with Crippen LogP contribution in [0.5, 0.6) is 5.75 Å². The third-order valence-corrected chi connectivity index (χ3v) is 3.40. The van der Waals surface area contributed by atoms with Crippen LogP contribution in [-0.2, 0) is 0 Å². The fourth-order valence-corrected chi connectivity index (χ4v) is 2.39. The van der Waals surface area contributed by atoms with Gasteiger partial charge in [0.05, 0.1) is 6.54 Å². The molecule has 1 unspecified atom stereocenters. The maximum atomic E-state index is 9.97. The SMILES string of the molecule is Cc1cc(C)cc(NC(N)=NCC(O)COc2cccc(C)c2)c1.I. The van der Waals surface area contributed by atoms with Gasteiger partial charge in [0.15, 0.2) is 5.96 Å². The van der Waals surface area contributed by atoms with Gasteiger partial charge in [-0.1, -0.05) is 18.2 Å². The minimum Gasteiger partial charge on any atom is -0.491 e. The second-order valence-corrected chi connectivity index (χ2v) is 6.01. The lowest BCUT2D eigenvalue weighted by atomic mass is 10.1. The van der Waals surface area contributed by atoms with Gasteiger partial charge in [0.1, 0.15) is 18.5 Å². The molecular formula is C19H26IN3O2. The average molecular weight is 455 g/mol. The number of nitrogens with two attached hydrogens (primary N) is 1. The highest BCUT2D eigenvalue weighted by atomic mass is 127. The number of aliphatic hydroxyl groups excluding tert-OH is 1. The summed E-state index contributed by atoms with van der Waals surface area (Å²) >= 11 is 0. The summed E-state index contributed by atoms with van der Waals surface area (Å²) in [5.41, 5.74) is 10.2. The molecule has 0 aliphatic heterocycles.